The van der Waals surface area contributed by atoms with Crippen LogP contribution in [0, 0.1) is 0 Å². The van der Waals surface area contributed by atoms with Crippen molar-refractivity contribution in [2.75, 3.05) is 10.6 Å². The normalized spacial score (nSPS) is 10.3. The van der Waals surface area contributed by atoms with Gasteiger partial charge in [-0.25, -0.2) is 4.98 Å². The Balaban J connectivity index is 1.64. The highest BCUT2D eigenvalue weighted by molar-refractivity contribution is 9.10. The number of hydrogen-bond acceptors (Lipinski definition) is 3. The van der Waals surface area contributed by atoms with Crippen LogP contribution in [-0.2, 0) is 13.1 Å². The zero-order valence-corrected chi connectivity index (χ0v) is 14.3. The predicted octanol–water partition coefficient (Wildman–Crippen LogP) is 5.07. The van der Waals surface area contributed by atoms with E-state index in [2.05, 4.69) is 55.8 Å². The lowest BCUT2D eigenvalue weighted by Crippen LogP contribution is -2.05. The van der Waals surface area contributed by atoms with Crippen LogP contribution in [0.3, 0.4) is 0 Å². The fourth-order valence-corrected chi connectivity index (χ4v) is 2.69. The Morgan fingerprint density at radius 2 is 1.13 bits per heavy atom. The van der Waals surface area contributed by atoms with Crippen molar-refractivity contribution >= 4 is 27.6 Å². The molecule has 0 atom stereocenters. The van der Waals surface area contributed by atoms with Gasteiger partial charge in [-0.3, -0.25) is 0 Å². The summed E-state index contributed by atoms with van der Waals surface area (Å²) in [5, 5.41) is 6.72. The lowest BCUT2D eigenvalue weighted by Gasteiger charge is -2.10. The first-order valence-corrected chi connectivity index (χ1v) is 8.32. The van der Waals surface area contributed by atoms with Gasteiger partial charge in [-0.1, -0.05) is 76.6 Å². The van der Waals surface area contributed by atoms with Gasteiger partial charge < -0.3 is 10.6 Å². The molecular weight excluding hydrogens is 350 g/mol. The molecule has 0 spiro atoms. The minimum atomic E-state index is 0.752. The van der Waals surface area contributed by atoms with Crippen molar-refractivity contribution in [1.82, 2.24) is 4.98 Å². The van der Waals surface area contributed by atoms with E-state index in [9.17, 15) is 0 Å². The molecule has 0 aliphatic heterocycles. The van der Waals surface area contributed by atoms with Gasteiger partial charge in [0.2, 0.25) is 0 Å². The second-order valence-electron chi connectivity index (χ2n) is 5.23. The number of hydrogen-bond donors (Lipinski definition) is 2. The number of nitrogens with one attached hydrogen (secondary N) is 2. The van der Waals surface area contributed by atoms with Crippen LogP contribution in [0.15, 0.2) is 77.3 Å². The molecule has 0 amide bonds. The fraction of sp³-hybridized carbons (Fsp3) is 0.105. The van der Waals surface area contributed by atoms with E-state index in [1.54, 1.807) is 0 Å². The summed E-state index contributed by atoms with van der Waals surface area (Å²) < 4.78 is 0.999. The van der Waals surface area contributed by atoms with Crippen LogP contribution >= 0.6 is 15.9 Å². The van der Waals surface area contributed by atoms with Gasteiger partial charge in [0.15, 0.2) is 0 Å². The Bertz CT molecular complexity index is 683. The topological polar surface area (TPSA) is 37.0 Å². The van der Waals surface area contributed by atoms with Gasteiger partial charge in [-0.2, -0.15) is 0 Å². The van der Waals surface area contributed by atoms with Crippen LogP contribution in [0.1, 0.15) is 11.1 Å². The molecule has 1 aromatic heterocycles. The first-order chi connectivity index (χ1) is 11.3. The van der Waals surface area contributed by atoms with Gasteiger partial charge in [0.05, 0.1) is 0 Å². The molecule has 2 aromatic carbocycles. The molecular formula is C19H18BrN3. The summed E-state index contributed by atoms with van der Waals surface area (Å²) in [6.07, 6.45) is 0. The summed E-state index contributed by atoms with van der Waals surface area (Å²) in [7, 11) is 0. The number of pyridine rings is 1. The number of benzene rings is 2. The molecule has 3 aromatic rings. The Morgan fingerprint density at radius 1 is 0.696 bits per heavy atom. The molecule has 2 N–H and O–H groups in total. The second-order valence-corrected chi connectivity index (χ2v) is 6.15. The van der Waals surface area contributed by atoms with E-state index < -0.39 is 0 Å². The number of rotatable bonds is 6. The summed E-state index contributed by atoms with van der Waals surface area (Å²) in [6.45, 7) is 1.50. The summed E-state index contributed by atoms with van der Waals surface area (Å²) in [5.74, 6) is 1.69. The minimum Gasteiger partial charge on any atom is -0.366 e. The van der Waals surface area contributed by atoms with Crippen molar-refractivity contribution in [3.05, 3.63) is 88.4 Å². The summed E-state index contributed by atoms with van der Waals surface area (Å²) in [6, 6.07) is 24.6. The summed E-state index contributed by atoms with van der Waals surface area (Å²) in [5.41, 5.74) is 2.46. The van der Waals surface area contributed by atoms with E-state index in [0.29, 0.717) is 0 Å². The largest absolute Gasteiger partial charge is 0.366 e. The maximum absolute atomic E-state index is 4.61. The van der Waals surface area contributed by atoms with Crippen molar-refractivity contribution in [1.29, 1.82) is 0 Å². The fourth-order valence-electron chi connectivity index (χ4n) is 2.26. The van der Waals surface area contributed by atoms with E-state index >= 15 is 0 Å². The molecule has 3 rings (SSSR count). The van der Waals surface area contributed by atoms with Crippen molar-refractivity contribution in [3.63, 3.8) is 0 Å². The third-order valence-corrected chi connectivity index (χ3v) is 3.88. The van der Waals surface area contributed by atoms with Crippen LogP contribution in [-0.4, -0.2) is 4.98 Å². The van der Waals surface area contributed by atoms with Crippen molar-refractivity contribution in [2.24, 2.45) is 0 Å². The Hall–Kier alpha value is -2.33. The molecule has 0 unspecified atom stereocenters. The zero-order valence-electron chi connectivity index (χ0n) is 12.7. The minimum absolute atomic E-state index is 0.752. The molecule has 1 heterocycles. The Kier molecular flexibility index (Phi) is 5.27. The van der Waals surface area contributed by atoms with E-state index in [1.807, 2.05) is 48.5 Å². The van der Waals surface area contributed by atoms with Crippen LogP contribution in [0.25, 0.3) is 0 Å². The van der Waals surface area contributed by atoms with Crippen molar-refractivity contribution < 1.29 is 0 Å². The molecule has 0 aliphatic rings. The van der Waals surface area contributed by atoms with Crippen molar-refractivity contribution in [3.8, 4) is 0 Å². The number of aromatic nitrogens is 1. The van der Waals surface area contributed by atoms with Crippen LogP contribution in [0.2, 0.25) is 0 Å². The van der Waals surface area contributed by atoms with E-state index in [0.717, 1.165) is 29.2 Å². The van der Waals surface area contributed by atoms with Crippen molar-refractivity contribution in [2.45, 2.75) is 13.1 Å². The summed E-state index contributed by atoms with van der Waals surface area (Å²) >= 11 is 3.55. The molecule has 0 fully saturated rings. The average molecular weight is 368 g/mol. The standard InChI is InChI=1S/C19H18BrN3/c20-17-11-18(21-13-15-7-3-1-4-8-15)23-19(12-17)22-14-16-9-5-2-6-10-16/h1-12H,13-14H2,(H2,21,22,23). The predicted molar refractivity (Wildman–Crippen MR) is 99.5 cm³/mol. The molecule has 0 bridgehead atoms. The van der Waals surface area contributed by atoms with E-state index in [-0.39, 0.29) is 0 Å². The third-order valence-electron chi connectivity index (χ3n) is 3.42. The first kappa shape index (κ1) is 15.6. The Morgan fingerprint density at radius 3 is 1.57 bits per heavy atom. The van der Waals surface area contributed by atoms with Gasteiger partial charge >= 0.3 is 0 Å². The Labute approximate surface area is 144 Å². The lowest BCUT2D eigenvalue weighted by molar-refractivity contribution is 1.08. The van der Waals surface area contributed by atoms with Gasteiger partial charge in [-0.15, -0.1) is 0 Å². The molecule has 0 aliphatic carbocycles. The van der Waals surface area contributed by atoms with Gasteiger partial charge in [0.1, 0.15) is 11.6 Å². The second kappa shape index (κ2) is 7.79. The molecule has 0 saturated heterocycles. The maximum Gasteiger partial charge on any atom is 0.129 e. The zero-order chi connectivity index (χ0) is 15.9. The highest BCUT2D eigenvalue weighted by Crippen LogP contribution is 2.20. The third kappa shape index (κ3) is 4.83. The average Bonchev–Trinajstić information content (AvgIpc) is 2.60. The molecule has 3 nitrogen and oxygen atoms in total. The number of halogens is 1. The highest BCUT2D eigenvalue weighted by Gasteiger charge is 2.02. The van der Waals surface area contributed by atoms with Crippen LogP contribution < -0.4 is 10.6 Å². The molecule has 116 valence electrons. The van der Waals surface area contributed by atoms with E-state index in [1.165, 1.54) is 11.1 Å². The lowest BCUT2D eigenvalue weighted by atomic mass is 10.2. The molecule has 4 heteroatoms. The summed E-state index contributed by atoms with van der Waals surface area (Å²) in [4.78, 5) is 4.61. The first-order valence-electron chi connectivity index (χ1n) is 7.53. The molecule has 23 heavy (non-hydrogen) atoms. The quantitative estimate of drug-likeness (QED) is 0.638. The van der Waals surface area contributed by atoms with Gasteiger partial charge in [0, 0.05) is 17.6 Å². The molecule has 0 radical (unpaired) electrons. The van der Waals surface area contributed by atoms with Gasteiger partial charge in [-0.05, 0) is 23.3 Å². The van der Waals surface area contributed by atoms with Crippen LogP contribution in [0.5, 0.6) is 0 Å². The number of anilines is 2. The SMILES string of the molecule is Brc1cc(NCc2ccccc2)nc(NCc2ccccc2)c1. The van der Waals surface area contributed by atoms with Gasteiger partial charge in [0.25, 0.3) is 0 Å². The maximum atomic E-state index is 4.61. The molecule has 0 saturated carbocycles. The van der Waals surface area contributed by atoms with E-state index in [4.69, 9.17) is 0 Å². The van der Waals surface area contributed by atoms with Crippen LogP contribution in [0.4, 0.5) is 11.6 Å². The highest BCUT2D eigenvalue weighted by atomic mass is 79.9. The number of nitrogens with zero attached hydrogens (tertiary/aromatic N) is 1. The smallest absolute Gasteiger partial charge is 0.129 e. The monoisotopic (exact) mass is 367 g/mol.